The zero-order valence-electron chi connectivity index (χ0n) is 6.61. The number of aromatic nitrogens is 1. The van der Waals surface area contributed by atoms with E-state index in [1.54, 1.807) is 13.1 Å². The van der Waals surface area contributed by atoms with Gasteiger partial charge >= 0.3 is 0 Å². The molecule has 0 bridgehead atoms. The molecule has 0 radical (unpaired) electrons. The Labute approximate surface area is 74.5 Å². The summed E-state index contributed by atoms with van der Waals surface area (Å²) in [4.78, 5) is 4.01. The van der Waals surface area contributed by atoms with Gasteiger partial charge in [0.1, 0.15) is 11.2 Å². The molecule has 1 aromatic rings. The van der Waals surface area contributed by atoms with Gasteiger partial charge in [-0.15, -0.1) is 11.8 Å². The van der Waals surface area contributed by atoms with Gasteiger partial charge in [0.2, 0.25) is 0 Å². The zero-order chi connectivity index (χ0) is 8.72. The van der Waals surface area contributed by atoms with Crippen LogP contribution in [0.15, 0.2) is 6.20 Å². The van der Waals surface area contributed by atoms with Crippen molar-refractivity contribution in [2.24, 2.45) is 0 Å². The summed E-state index contributed by atoms with van der Waals surface area (Å²) in [6, 6.07) is 0. The summed E-state index contributed by atoms with van der Waals surface area (Å²) in [5.41, 5.74) is 1.58. The topological polar surface area (TPSA) is 53.4 Å². The average Bonchev–Trinajstić information content (AvgIpc) is 2.41. The van der Waals surface area contributed by atoms with Crippen molar-refractivity contribution in [1.29, 1.82) is 0 Å². The Morgan fingerprint density at radius 3 is 3.17 bits per heavy atom. The number of pyridine rings is 1. The van der Waals surface area contributed by atoms with Crippen LogP contribution in [0.25, 0.3) is 0 Å². The molecule has 2 heterocycles. The third-order valence-corrected chi connectivity index (χ3v) is 3.03. The first-order chi connectivity index (χ1) is 5.70. The molecular formula is C8H9NO2S. The number of aliphatic hydroxyl groups excluding tert-OH is 1. The molecule has 64 valence electrons. The fourth-order valence-electron chi connectivity index (χ4n) is 1.30. The normalized spacial score (nSPS) is 21.0. The van der Waals surface area contributed by atoms with Crippen molar-refractivity contribution in [2.75, 3.05) is 0 Å². The number of aromatic hydroxyl groups is 1. The smallest absolute Gasteiger partial charge is 0.143 e. The predicted molar refractivity (Wildman–Crippen MR) is 46.9 cm³/mol. The Morgan fingerprint density at radius 1 is 1.67 bits per heavy atom. The van der Waals surface area contributed by atoms with Gasteiger partial charge < -0.3 is 10.2 Å². The highest BCUT2D eigenvalue weighted by atomic mass is 32.2. The summed E-state index contributed by atoms with van der Waals surface area (Å²) in [6.07, 6.45) is 1.72. The molecule has 1 unspecified atom stereocenters. The fraction of sp³-hybridized carbons (Fsp3) is 0.375. The largest absolute Gasteiger partial charge is 0.506 e. The molecule has 2 N–H and O–H groups in total. The molecular weight excluding hydrogens is 174 g/mol. The van der Waals surface area contributed by atoms with Gasteiger partial charge in [0.15, 0.2) is 0 Å². The first-order valence-electron chi connectivity index (χ1n) is 3.67. The quantitative estimate of drug-likeness (QED) is 0.637. The molecule has 4 heteroatoms. The molecule has 0 aliphatic carbocycles. The SMILES string of the molecule is Cc1ncc2c(c1O)C(O)SC2. The molecule has 12 heavy (non-hydrogen) atoms. The first kappa shape index (κ1) is 7.89. The van der Waals surface area contributed by atoms with Crippen molar-refractivity contribution in [3.05, 3.63) is 23.0 Å². The van der Waals surface area contributed by atoms with E-state index in [9.17, 15) is 10.2 Å². The molecule has 1 aliphatic heterocycles. The van der Waals surface area contributed by atoms with Gasteiger partial charge in [-0.25, -0.2) is 0 Å². The second-order valence-electron chi connectivity index (χ2n) is 2.79. The first-order valence-corrected chi connectivity index (χ1v) is 4.72. The van der Waals surface area contributed by atoms with E-state index in [-0.39, 0.29) is 5.75 Å². The van der Waals surface area contributed by atoms with Gasteiger partial charge in [0, 0.05) is 17.5 Å². The second kappa shape index (κ2) is 2.64. The van der Waals surface area contributed by atoms with Crippen LogP contribution in [0.4, 0.5) is 0 Å². The minimum absolute atomic E-state index is 0.144. The van der Waals surface area contributed by atoms with E-state index in [0.717, 1.165) is 11.3 Å². The molecule has 1 aliphatic rings. The van der Waals surface area contributed by atoms with Crippen LogP contribution in [-0.2, 0) is 5.75 Å². The van der Waals surface area contributed by atoms with E-state index in [1.807, 2.05) is 0 Å². The Balaban J connectivity index is 2.63. The van der Waals surface area contributed by atoms with Crippen LogP contribution in [0.5, 0.6) is 5.75 Å². The molecule has 1 atom stereocenters. The number of aliphatic hydroxyl groups is 1. The summed E-state index contributed by atoms with van der Waals surface area (Å²) in [6.45, 7) is 1.73. The van der Waals surface area contributed by atoms with Crippen molar-refractivity contribution in [3.63, 3.8) is 0 Å². The second-order valence-corrected chi connectivity index (χ2v) is 3.86. The molecule has 0 saturated heterocycles. The highest BCUT2D eigenvalue weighted by Crippen LogP contribution is 2.44. The van der Waals surface area contributed by atoms with E-state index >= 15 is 0 Å². The number of nitrogens with zero attached hydrogens (tertiary/aromatic N) is 1. The third-order valence-electron chi connectivity index (χ3n) is 2.00. The summed E-state index contributed by atoms with van der Waals surface area (Å²) in [5.74, 6) is 0.877. The average molecular weight is 183 g/mol. The molecule has 3 nitrogen and oxygen atoms in total. The van der Waals surface area contributed by atoms with Crippen LogP contribution in [-0.4, -0.2) is 15.2 Å². The number of fused-ring (bicyclic) bond motifs is 1. The highest BCUT2D eigenvalue weighted by Gasteiger charge is 2.25. The summed E-state index contributed by atoms with van der Waals surface area (Å²) in [5, 5.41) is 19.0. The lowest BCUT2D eigenvalue weighted by atomic mass is 10.1. The van der Waals surface area contributed by atoms with Crippen molar-refractivity contribution >= 4 is 11.8 Å². The Kier molecular flexibility index (Phi) is 1.73. The van der Waals surface area contributed by atoms with E-state index in [0.29, 0.717) is 11.3 Å². The molecule has 0 fully saturated rings. The van der Waals surface area contributed by atoms with Gasteiger partial charge in [-0.05, 0) is 12.5 Å². The summed E-state index contributed by atoms with van der Waals surface area (Å²) < 4.78 is 0. The maximum Gasteiger partial charge on any atom is 0.143 e. The van der Waals surface area contributed by atoms with E-state index in [1.165, 1.54) is 11.8 Å². The van der Waals surface area contributed by atoms with Crippen LogP contribution in [0.1, 0.15) is 22.3 Å². The lowest BCUT2D eigenvalue weighted by Gasteiger charge is -2.06. The van der Waals surface area contributed by atoms with Crippen LogP contribution < -0.4 is 0 Å². The molecule has 0 amide bonds. The third kappa shape index (κ3) is 0.990. The fourth-order valence-corrected chi connectivity index (χ4v) is 2.29. The lowest BCUT2D eigenvalue weighted by molar-refractivity contribution is 0.266. The minimum atomic E-state index is -0.582. The van der Waals surface area contributed by atoms with Crippen LogP contribution >= 0.6 is 11.8 Å². The van der Waals surface area contributed by atoms with Gasteiger partial charge in [-0.1, -0.05) is 0 Å². The predicted octanol–water partition coefficient (Wildman–Crippen LogP) is 1.33. The highest BCUT2D eigenvalue weighted by molar-refractivity contribution is 7.98. The van der Waals surface area contributed by atoms with Gasteiger partial charge in [0.05, 0.1) is 5.69 Å². The number of hydrogen-bond acceptors (Lipinski definition) is 4. The molecule has 0 saturated carbocycles. The monoisotopic (exact) mass is 183 g/mol. The van der Waals surface area contributed by atoms with Crippen LogP contribution in [0.3, 0.4) is 0 Å². The zero-order valence-corrected chi connectivity index (χ0v) is 7.43. The number of rotatable bonds is 0. The Hall–Kier alpha value is -0.740. The molecule has 0 spiro atoms. The Bertz CT molecular complexity index is 327. The van der Waals surface area contributed by atoms with Crippen LogP contribution in [0.2, 0.25) is 0 Å². The van der Waals surface area contributed by atoms with Gasteiger partial charge in [-0.3, -0.25) is 4.98 Å². The van der Waals surface area contributed by atoms with E-state index < -0.39 is 5.44 Å². The van der Waals surface area contributed by atoms with Crippen molar-refractivity contribution in [2.45, 2.75) is 18.1 Å². The number of thioether (sulfide) groups is 1. The van der Waals surface area contributed by atoms with Crippen molar-refractivity contribution < 1.29 is 10.2 Å². The van der Waals surface area contributed by atoms with Crippen LogP contribution in [0, 0.1) is 6.92 Å². The lowest BCUT2D eigenvalue weighted by Crippen LogP contribution is -1.93. The molecule has 1 aromatic heterocycles. The van der Waals surface area contributed by atoms with Gasteiger partial charge in [0.25, 0.3) is 0 Å². The summed E-state index contributed by atoms with van der Waals surface area (Å²) >= 11 is 1.40. The van der Waals surface area contributed by atoms with Gasteiger partial charge in [-0.2, -0.15) is 0 Å². The molecule has 0 aromatic carbocycles. The maximum atomic E-state index is 9.55. The number of hydrogen-bond donors (Lipinski definition) is 2. The standard InChI is InChI=1S/C8H9NO2S/c1-4-7(10)6-5(2-9-4)3-12-8(6)11/h2,8,10-11H,3H2,1H3. The maximum absolute atomic E-state index is 9.55. The van der Waals surface area contributed by atoms with Crippen molar-refractivity contribution in [3.8, 4) is 5.75 Å². The van der Waals surface area contributed by atoms with Crippen molar-refractivity contribution in [1.82, 2.24) is 4.98 Å². The Morgan fingerprint density at radius 2 is 2.42 bits per heavy atom. The summed E-state index contributed by atoms with van der Waals surface area (Å²) in [7, 11) is 0. The minimum Gasteiger partial charge on any atom is -0.506 e. The van der Waals surface area contributed by atoms with E-state index in [2.05, 4.69) is 4.98 Å². The number of aryl methyl sites for hydroxylation is 1. The molecule has 2 rings (SSSR count). The van der Waals surface area contributed by atoms with E-state index in [4.69, 9.17) is 0 Å².